The molecule has 0 aromatic carbocycles. The fraction of sp³-hybridized carbons (Fsp3) is 0.588. The second kappa shape index (κ2) is 7.58. The van der Waals surface area contributed by atoms with Crippen molar-refractivity contribution in [1.82, 2.24) is 14.8 Å². The zero-order valence-electron chi connectivity index (χ0n) is 14.5. The number of hydrogen-bond acceptors (Lipinski definition) is 6. The Hall–Kier alpha value is -1.86. The normalized spacial score (nSPS) is 23.2. The second-order valence-electron chi connectivity index (χ2n) is 6.53. The molecule has 7 nitrogen and oxygen atoms in total. The second-order valence-corrected chi connectivity index (χ2v) is 6.92. The predicted molar refractivity (Wildman–Crippen MR) is 94.2 cm³/mol. The predicted octanol–water partition coefficient (Wildman–Crippen LogP) is 3.09. The summed E-state index contributed by atoms with van der Waals surface area (Å²) < 4.78 is 5.97. The van der Waals surface area contributed by atoms with Crippen LogP contribution in [-0.2, 0) is 11.3 Å². The Morgan fingerprint density at radius 2 is 2.24 bits per heavy atom. The van der Waals surface area contributed by atoms with E-state index in [9.17, 15) is 10.1 Å². The molecule has 0 saturated carbocycles. The summed E-state index contributed by atoms with van der Waals surface area (Å²) in [5.74, 6) is 0.548. The van der Waals surface area contributed by atoms with Crippen molar-refractivity contribution >= 4 is 11.6 Å². The topological polar surface area (TPSA) is 71.7 Å². The van der Waals surface area contributed by atoms with E-state index in [1.165, 1.54) is 0 Å². The highest BCUT2D eigenvalue weighted by Gasteiger charge is 2.45. The lowest BCUT2D eigenvalue weighted by Crippen LogP contribution is -2.43. The van der Waals surface area contributed by atoms with Crippen LogP contribution in [0.4, 0.5) is 0 Å². The standard InChI is InChI=1S/C17H23ClN4O3/c1-3-8-25-15-9-12(2)16(22(23)24)17-20(6-7-21(15)17)11-13-4-5-14(18)19-10-13/h4-5,10,12,15H,3,6-9,11H2,1-2H3/t12?,15-/m1/s1. The highest BCUT2D eigenvalue weighted by atomic mass is 35.5. The van der Waals surface area contributed by atoms with Crippen LogP contribution in [0.2, 0.25) is 5.15 Å². The quantitative estimate of drug-likeness (QED) is 0.437. The Morgan fingerprint density at radius 3 is 2.88 bits per heavy atom. The van der Waals surface area contributed by atoms with Gasteiger partial charge in [0.05, 0.1) is 10.8 Å². The van der Waals surface area contributed by atoms with Gasteiger partial charge in [-0.2, -0.15) is 0 Å². The summed E-state index contributed by atoms with van der Waals surface area (Å²) in [5.41, 5.74) is 1.27. The minimum absolute atomic E-state index is 0.0954. The molecule has 1 aromatic heterocycles. The maximum atomic E-state index is 11.7. The van der Waals surface area contributed by atoms with Gasteiger partial charge in [-0.25, -0.2) is 4.98 Å². The van der Waals surface area contributed by atoms with Gasteiger partial charge in [-0.15, -0.1) is 0 Å². The van der Waals surface area contributed by atoms with E-state index in [4.69, 9.17) is 16.3 Å². The van der Waals surface area contributed by atoms with Crippen LogP contribution in [0.15, 0.2) is 29.8 Å². The molecule has 0 amide bonds. The number of pyridine rings is 1. The van der Waals surface area contributed by atoms with Crippen molar-refractivity contribution in [3.05, 3.63) is 50.7 Å². The van der Waals surface area contributed by atoms with E-state index in [-0.39, 0.29) is 22.8 Å². The van der Waals surface area contributed by atoms with Crippen LogP contribution in [0.3, 0.4) is 0 Å². The molecule has 0 N–H and O–H groups in total. The van der Waals surface area contributed by atoms with Crippen LogP contribution in [0, 0.1) is 16.0 Å². The molecule has 0 aliphatic carbocycles. The van der Waals surface area contributed by atoms with Crippen molar-refractivity contribution in [3.63, 3.8) is 0 Å². The van der Waals surface area contributed by atoms with Crippen LogP contribution in [0.5, 0.6) is 0 Å². The fourth-order valence-corrected chi connectivity index (χ4v) is 3.63. The van der Waals surface area contributed by atoms with Gasteiger partial charge < -0.3 is 14.5 Å². The van der Waals surface area contributed by atoms with Gasteiger partial charge in [0.25, 0.3) is 5.70 Å². The molecule has 2 aliphatic heterocycles. The average molecular weight is 367 g/mol. The van der Waals surface area contributed by atoms with Crippen LogP contribution < -0.4 is 0 Å². The maximum Gasteiger partial charge on any atom is 0.289 e. The average Bonchev–Trinajstić information content (AvgIpc) is 2.98. The number of aromatic nitrogens is 1. The van der Waals surface area contributed by atoms with E-state index in [0.29, 0.717) is 30.5 Å². The smallest absolute Gasteiger partial charge is 0.289 e. The lowest BCUT2D eigenvalue weighted by molar-refractivity contribution is -0.439. The molecule has 8 heteroatoms. The molecule has 2 aliphatic rings. The van der Waals surface area contributed by atoms with Crippen molar-refractivity contribution in [3.8, 4) is 0 Å². The monoisotopic (exact) mass is 366 g/mol. The van der Waals surface area contributed by atoms with Gasteiger partial charge in [-0.1, -0.05) is 31.5 Å². The summed E-state index contributed by atoms with van der Waals surface area (Å²) in [5, 5.41) is 12.1. The molecule has 0 radical (unpaired) electrons. The number of rotatable bonds is 6. The summed E-state index contributed by atoms with van der Waals surface area (Å²) >= 11 is 5.84. The molecule has 1 unspecified atom stereocenters. The number of hydrogen-bond donors (Lipinski definition) is 0. The first-order valence-corrected chi connectivity index (χ1v) is 9.01. The summed E-state index contributed by atoms with van der Waals surface area (Å²) in [4.78, 5) is 19.7. The molecule has 3 heterocycles. The van der Waals surface area contributed by atoms with Crippen LogP contribution >= 0.6 is 11.6 Å². The number of nitro groups is 1. The van der Waals surface area contributed by atoms with Crippen LogP contribution in [0.1, 0.15) is 32.3 Å². The molecule has 3 rings (SSSR count). The Morgan fingerprint density at radius 1 is 1.44 bits per heavy atom. The van der Waals surface area contributed by atoms with E-state index in [2.05, 4.69) is 21.7 Å². The molecular weight excluding hydrogens is 344 g/mol. The molecule has 1 fully saturated rings. The third-order valence-corrected chi connectivity index (χ3v) is 4.88. The van der Waals surface area contributed by atoms with Gasteiger partial charge in [-0.05, 0) is 18.1 Å². The zero-order valence-corrected chi connectivity index (χ0v) is 15.3. The van der Waals surface area contributed by atoms with Gasteiger partial charge in [0.2, 0.25) is 0 Å². The first-order chi connectivity index (χ1) is 12.0. The molecule has 1 aromatic rings. The van der Waals surface area contributed by atoms with Crippen LogP contribution in [-0.4, -0.2) is 45.6 Å². The minimum atomic E-state index is -0.235. The van der Waals surface area contributed by atoms with Gasteiger partial charge in [-0.3, -0.25) is 10.1 Å². The van der Waals surface area contributed by atoms with Gasteiger partial charge >= 0.3 is 0 Å². The number of fused-ring (bicyclic) bond motifs is 1. The largest absolute Gasteiger partial charge is 0.358 e. The first kappa shape index (κ1) is 17.9. The van der Waals surface area contributed by atoms with Gasteiger partial charge in [0, 0.05) is 38.9 Å². The van der Waals surface area contributed by atoms with Crippen molar-refractivity contribution in [2.45, 2.75) is 39.5 Å². The molecule has 0 bridgehead atoms. The third-order valence-electron chi connectivity index (χ3n) is 4.65. The van der Waals surface area contributed by atoms with Crippen molar-refractivity contribution in [2.75, 3.05) is 19.7 Å². The van der Waals surface area contributed by atoms with E-state index >= 15 is 0 Å². The highest BCUT2D eigenvalue weighted by molar-refractivity contribution is 6.29. The SMILES string of the molecule is CCCO[C@@H]1CC(C)C([N+](=O)[O-])=C2N(Cc3ccc(Cl)nc3)CCN21. The molecular formula is C17H23ClN4O3. The van der Waals surface area contributed by atoms with E-state index in [1.54, 1.807) is 12.3 Å². The Balaban J connectivity index is 1.89. The number of nitrogens with zero attached hydrogens (tertiary/aromatic N) is 4. The molecule has 1 saturated heterocycles. The number of ether oxygens (including phenoxy) is 1. The van der Waals surface area contributed by atoms with Crippen LogP contribution in [0.25, 0.3) is 0 Å². The molecule has 0 spiro atoms. The van der Waals surface area contributed by atoms with E-state index in [1.807, 2.05) is 13.0 Å². The first-order valence-electron chi connectivity index (χ1n) is 8.63. The summed E-state index contributed by atoms with van der Waals surface area (Å²) in [6.45, 7) is 6.67. The van der Waals surface area contributed by atoms with E-state index in [0.717, 1.165) is 25.1 Å². The maximum absolute atomic E-state index is 11.7. The molecule has 136 valence electrons. The zero-order chi connectivity index (χ0) is 18.0. The minimum Gasteiger partial charge on any atom is -0.358 e. The number of allylic oxidation sites excluding steroid dienone is 1. The van der Waals surface area contributed by atoms with Crippen molar-refractivity contribution in [1.29, 1.82) is 0 Å². The van der Waals surface area contributed by atoms with Gasteiger partial charge in [0.1, 0.15) is 11.4 Å². The lowest BCUT2D eigenvalue weighted by atomic mass is 9.98. The lowest BCUT2D eigenvalue weighted by Gasteiger charge is -2.37. The van der Waals surface area contributed by atoms with Crippen molar-refractivity contribution < 1.29 is 9.66 Å². The van der Waals surface area contributed by atoms with Crippen molar-refractivity contribution in [2.24, 2.45) is 5.92 Å². The summed E-state index contributed by atoms with van der Waals surface area (Å²) in [6, 6.07) is 3.64. The highest BCUT2D eigenvalue weighted by Crippen LogP contribution is 2.37. The number of halogens is 1. The van der Waals surface area contributed by atoms with Gasteiger partial charge in [0.15, 0.2) is 5.82 Å². The Labute approximate surface area is 152 Å². The molecule has 25 heavy (non-hydrogen) atoms. The Kier molecular flexibility index (Phi) is 5.44. The summed E-state index contributed by atoms with van der Waals surface area (Å²) in [7, 11) is 0. The summed E-state index contributed by atoms with van der Waals surface area (Å²) in [6.07, 6.45) is 3.20. The third kappa shape index (κ3) is 3.72. The molecule has 2 atom stereocenters. The fourth-order valence-electron chi connectivity index (χ4n) is 3.52. The van der Waals surface area contributed by atoms with E-state index < -0.39 is 0 Å². The Bertz CT molecular complexity index is 664.